The van der Waals surface area contributed by atoms with Gasteiger partial charge in [-0.3, -0.25) is 9.59 Å². The molecule has 1 aromatic heterocycles. The summed E-state index contributed by atoms with van der Waals surface area (Å²) in [5.74, 6) is 1.47. The summed E-state index contributed by atoms with van der Waals surface area (Å²) >= 11 is 0. The molecule has 0 spiro atoms. The number of ether oxygens (including phenoxy) is 2. The average Bonchev–Trinajstić information content (AvgIpc) is 3.20. The first-order valence-electron chi connectivity index (χ1n) is 11.0. The van der Waals surface area contributed by atoms with Gasteiger partial charge in [-0.2, -0.15) is 0 Å². The average molecular weight is 463 g/mol. The van der Waals surface area contributed by atoms with E-state index in [1.54, 1.807) is 42.4 Å². The number of nitrogens with one attached hydrogen (secondary N) is 1. The zero-order chi connectivity index (χ0) is 24.5. The molecule has 1 heterocycles. The molecule has 178 valence electrons. The van der Waals surface area contributed by atoms with Gasteiger partial charge in [0.15, 0.2) is 11.5 Å². The maximum Gasteiger partial charge on any atom is 0.251 e. The SMILES string of the molecule is C=CCN(CC=C)C(=O)Cn1c(CCNC(=O)c2ccc(OC)c(OC)c2)nc2ccccc21. The highest BCUT2D eigenvalue weighted by Crippen LogP contribution is 2.27. The molecule has 0 radical (unpaired) electrons. The molecular formula is C26H30N4O4. The van der Waals surface area contributed by atoms with Crippen LogP contribution in [-0.4, -0.2) is 60.1 Å². The van der Waals surface area contributed by atoms with Crippen molar-refractivity contribution in [3.8, 4) is 11.5 Å². The summed E-state index contributed by atoms with van der Waals surface area (Å²) in [6.45, 7) is 8.83. The van der Waals surface area contributed by atoms with Crippen LogP contribution < -0.4 is 14.8 Å². The molecule has 2 amide bonds. The summed E-state index contributed by atoms with van der Waals surface area (Å²) in [4.78, 5) is 32.0. The van der Waals surface area contributed by atoms with Crippen LogP contribution in [0, 0.1) is 0 Å². The Kier molecular flexibility index (Phi) is 8.45. The van der Waals surface area contributed by atoms with E-state index >= 15 is 0 Å². The van der Waals surface area contributed by atoms with Crippen molar-refractivity contribution in [3.63, 3.8) is 0 Å². The van der Waals surface area contributed by atoms with E-state index in [9.17, 15) is 9.59 Å². The second kappa shape index (κ2) is 11.7. The Morgan fingerprint density at radius 1 is 1.06 bits per heavy atom. The summed E-state index contributed by atoms with van der Waals surface area (Å²) in [5, 5.41) is 2.91. The van der Waals surface area contributed by atoms with E-state index in [0.29, 0.717) is 43.1 Å². The van der Waals surface area contributed by atoms with E-state index in [4.69, 9.17) is 14.5 Å². The van der Waals surface area contributed by atoms with Crippen molar-refractivity contribution in [2.75, 3.05) is 33.9 Å². The van der Waals surface area contributed by atoms with Crippen molar-refractivity contribution in [3.05, 3.63) is 79.2 Å². The third-order valence-corrected chi connectivity index (χ3v) is 5.36. The lowest BCUT2D eigenvalue weighted by molar-refractivity contribution is -0.130. The van der Waals surface area contributed by atoms with Crippen molar-refractivity contribution in [1.29, 1.82) is 0 Å². The summed E-state index contributed by atoms with van der Waals surface area (Å²) < 4.78 is 12.4. The second-order valence-electron chi connectivity index (χ2n) is 7.55. The third-order valence-electron chi connectivity index (χ3n) is 5.36. The van der Waals surface area contributed by atoms with Crippen molar-refractivity contribution < 1.29 is 19.1 Å². The molecular weight excluding hydrogens is 432 g/mol. The molecule has 8 nitrogen and oxygen atoms in total. The highest BCUT2D eigenvalue weighted by atomic mass is 16.5. The highest BCUT2D eigenvalue weighted by molar-refractivity contribution is 5.94. The largest absolute Gasteiger partial charge is 0.493 e. The molecule has 1 N–H and O–H groups in total. The van der Waals surface area contributed by atoms with Gasteiger partial charge in [-0.15, -0.1) is 13.2 Å². The van der Waals surface area contributed by atoms with Crippen molar-refractivity contribution in [1.82, 2.24) is 19.8 Å². The number of benzene rings is 2. The quantitative estimate of drug-likeness (QED) is 0.418. The van der Waals surface area contributed by atoms with Gasteiger partial charge < -0.3 is 24.3 Å². The van der Waals surface area contributed by atoms with Crippen LogP contribution >= 0.6 is 0 Å². The van der Waals surface area contributed by atoms with Gasteiger partial charge in [0.25, 0.3) is 5.91 Å². The van der Waals surface area contributed by atoms with Gasteiger partial charge in [0, 0.05) is 31.6 Å². The number of fused-ring (bicyclic) bond motifs is 1. The maximum atomic E-state index is 13.0. The molecule has 0 saturated heterocycles. The van der Waals surface area contributed by atoms with Crippen LogP contribution in [0.25, 0.3) is 11.0 Å². The summed E-state index contributed by atoms with van der Waals surface area (Å²) in [6, 6.07) is 12.7. The number of methoxy groups -OCH3 is 2. The third kappa shape index (κ3) is 5.64. The lowest BCUT2D eigenvalue weighted by Crippen LogP contribution is -2.34. The molecule has 3 aromatic rings. The molecule has 8 heteroatoms. The number of carbonyl (C=O) groups is 2. The van der Waals surface area contributed by atoms with Crippen molar-refractivity contribution >= 4 is 22.8 Å². The van der Waals surface area contributed by atoms with E-state index in [1.165, 1.54) is 7.11 Å². The van der Waals surface area contributed by atoms with Gasteiger partial charge in [0.05, 0.1) is 25.3 Å². The molecule has 0 bridgehead atoms. The Morgan fingerprint density at radius 2 is 1.76 bits per heavy atom. The van der Waals surface area contributed by atoms with Gasteiger partial charge in [0.2, 0.25) is 5.91 Å². The number of para-hydroxylation sites is 2. The minimum Gasteiger partial charge on any atom is -0.493 e. The van der Waals surface area contributed by atoms with Crippen LogP contribution in [0.2, 0.25) is 0 Å². The lowest BCUT2D eigenvalue weighted by Gasteiger charge is -2.20. The van der Waals surface area contributed by atoms with E-state index in [-0.39, 0.29) is 18.4 Å². The predicted octanol–water partition coefficient (Wildman–Crippen LogP) is 3.23. The minimum absolute atomic E-state index is 0.0569. The number of imidazole rings is 1. The summed E-state index contributed by atoms with van der Waals surface area (Å²) in [5.41, 5.74) is 2.13. The standard InChI is InChI=1S/C26H30N4O4/c1-5-15-29(16-6-2)25(31)18-30-21-10-8-7-9-20(21)28-24(30)13-14-27-26(32)19-11-12-22(33-3)23(17-19)34-4/h5-12,17H,1-2,13-16,18H2,3-4H3,(H,27,32). The minimum atomic E-state index is -0.233. The highest BCUT2D eigenvalue weighted by Gasteiger charge is 2.17. The summed E-state index contributed by atoms with van der Waals surface area (Å²) in [7, 11) is 3.07. The van der Waals surface area contributed by atoms with Gasteiger partial charge in [-0.1, -0.05) is 24.3 Å². The molecule has 0 atom stereocenters. The number of hydrogen-bond donors (Lipinski definition) is 1. The normalized spacial score (nSPS) is 10.5. The van der Waals surface area contributed by atoms with Gasteiger partial charge in [-0.05, 0) is 30.3 Å². The predicted molar refractivity (Wildman–Crippen MR) is 132 cm³/mol. The molecule has 0 aliphatic rings. The Labute approximate surface area is 199 Å². The van der Waals surface area contributed by atoms with Crippen molar-refractivity contribution in [2.24, 2.45) is 0 Å². The number of nitrogens with zero attached hydrogens (tertiary/aromatic N) is 3. The van der Waals surface area contributed by atoms with Crippen LogP contribution in [0.3, 0.4) is 0 Å². The number of hydrogen-bond acceptors (Lipinski definition) is 5. The molecule has 2 aromatic carbocycles. The first-order valence-corrected chi connectivity index (χ1v) is 11.0. The number of aromatic nitrogens is 2. The summed E-state index contributed by atoms with van der Waals surface area (Å²) in [6.07, 6.45) is 3.85. The fourth-order valence-corrected chi connectivity index (χ4v) is 3.69. The molecule has 0 fully saturated rings. The zero-order valence-electron chi connectivity index (χ0n) is 19.6. The van der Waals surface area contributed by atoms with E-state index in [2.05, 4.69) is 18.5 Å². The fourth-order valence-electron chi connectivity index (χ4n) is 3.69. The Balaban J connectivity index is 1.74. The molecule has 3 rings (SSSR count). The first-order chi connectivity index (χ1) is 16.5. The maximum absolute atomic E-state index is 13.0. The molecule has 0 saturated carbocycles. The Hall–Kier alpha value is -4.07. The molecule has 34 heavy (non-hydrogen) atoms. The van der Waals surface area contributed by atoms with Crippen LogP contribution in [-0.2, 0) is 17.8 Å². The monoisotopic (exact) mass is 462 g/mol. The number of amides is 2. The van der Waals surface area contributed by atoms with E-state index < -0.39 is 0 Å². The number of rotatable bonds is 12. The van der Waals surface area contributed by atoms with Crippen molar-refractivity contribution in [2.45, 2.75) is 13.0 Å². The molecule has 0 aliphatic carbocycles. The molecule has 0 aliphatic heterocycles. The van der Waals surface area contributed by atoms with Crippen LogP contribution in [0.15, 0.2) is 67.8 Å². The second-order valence-corrected chi connectivity index (χ2v) is 7.55. The fraction of sp³-hybridized carbons (Fsp3) is 0.269. The molecule has 0 unspecified atom stereocenters. The van der Waals surface area contributed by atoms with Gasteiger partial charge in [-0.25, -0.2) is 4.98 Å². The van der Waals surface area contributed by atoms with Crippen LogP contribution in [0.4, 0.5) is 0 Å². The Bertz CT molecular complexity index is 1170. The Morgan fingerprint density at radius 3 is 2.44 bits per heavy atom. The van der Waals surface area contributed by atoms with Gasteiger partial charge >= 0.3 is 0 Å². The van der Waals surface area contributed by atoms with Crippen LogP contribution in [0.1, 0.15) is 16.2 Å². The first kappa shape index (κ1) is 24.6. The van der Waals surface area contributed by atoms with Crippen LogP contribution in [0.5, 0.6) is 11.5 Å². The van der Waals surface area contributed by atoms with Gasteiger partial charge in [0.1, 0.15) is 12.4 Å². The number of carbonyl (C=O) groups excluding carboxylic acids is 2. The van der Waals surface area contributed by atoms with E-state index in [1.807, 2.05) is 28.8 Å². The smallest absolute Gasteiger partial charge is 0.251 e. The lowest BCUT2D eigenvalue weighted by atomic mass is 10.2. The van der Waals surface area contributed by atoms with E-state index in [0.717, 1.165) is 16.9 Å². The topological polar surface area (TPSA) is 85.7 Å². The zero-order valence-corrected chi connectivity index (χ0v) is 19.6.